The lowest BCUT2D eigenvalue weighted by molar-refractivity contribution is -0.150. The Hall–Kier alpha value is -2.77. The molecule has 0 aliphatic carbocycles. The maximum atomic E-state index is 11.4. The second kappa shape index (κ2) is 8.95. The molecule has 0 saturated heterocycles. The number of ether oxygens (including phenoxy) is 1. The molecule has 2 heterocycles. The number of hydrogen-bond acceptors (Lipinski definition) is 6. The fourth-order valence-corrected chi connectivity index (χ4v) is 3.63. The Morgan fingerprint density at radius 2 is 1.96 bits per heavy atom. The summed E-state index contributed by atoms with van der Waals surface area (Å²) in [7, 11) is 0. The molecule has 0 aliphatic rings. The van der Waals surface area contributed by atoms with Gasteiger partial charge in [0, 0.05) is 34.5 Å². The van der Waals surface area contributed by atoms with Gasteiger partial charge in [0.05, 0.1) is 0 Å². The summed E-state index contributed by atoms with van der Waals surface area (Å²) in [5, 5.41) is 16.7. The van der Waals surface area contributed by atoms with Gasteiger partial charge in [-0.3, -0.25) is 0 Å². The Balaban J connectivity index is 1.89. The standard InChI is InChI=1S/C21H23N3O3S/c1-4-17-13(3)22-19(15-10-11-28-12-15)24-20(17)23-16-8-6-14(7-9-16)18(21(25)26)27-5-2/h6-12,18H,4-5H2,1-3H3,(H,25,26)(H,22,23,24). The van der Waals surface area contributed by atoms with Crippen molar-refractivity contribution >= 4 is 28.8 Å². The highest BCUT2D eigenvalue weighted by molar-refractivity contribution is 7.08. The summed E-state index contributed by atoms with van der Waals surface area (Å²) in [6, 6.07) is 9.20. The van der Waals surface area contributed by atoms with Gasteiger partial charge in [-0.05, 0) is 49.4 Å². The molecule has 0 fully saturated rings. The van der Waals surface area contributed by atoms with Crippen LogP contribution in [0.5, 0.6) is 0 Å². The van der Waals surface area contributed by atoms with Gasteiger partial charge in [-0.15, -0.1) is 0 Å². The molecule has 1 atom stereocenters. The van der Waals surface area contributed by atoms with E-state index in [4.69, 9.17) is 9.72 Å². The molecular weight excluding hydrogens is 374 g/mol. The van der Waals surface area contributed by atoms with Crippen LogP contribution in [-0.4, -0.2) is 27.7 Å². The molecule has 3 aromatic rings. The van der Waals surface area contributed by atoms with Gasteiger partial charge in [0.15, 0.2) is 11.9 Å². The van der Waals surface area contributed by atoms with Crippen LogP contribution in [0.15, 0.2) is 41.1 Å². The number of anilines is 2. The number of benzene rings is 1. The molecule has 0 radical (unpaired) electrons. The van der Waals surface area contributed by atoms with Crippen molar-refractivity contribution in [1.82, 2.24) is 9.97 Å². The van der Waals surface area contributed by atoms with E-state index in [9.17, 15) is 9.90 Å². The van der Waals surface area contributed by atoms with Crippen molar-refractivity contribution in [3.05, 3.63) is 57.9 Å². The predicted molar refractivity (Wildman–Crippen MR) is 111 cm³/mol. The van der Waals surface area contributed by atoms with E-state index in [1.54, 1.807) is 30.4 Å². The third kappa shape index (κ3) is 4.37. The van der Waals surface area contributed by atoms with E-state index in [0.29, 0.717) is 18.0 Å². The normalized spacial score (nSPS) is 12.0. The highest BCUT2D eigenvalue weighted by Gasteiger charge is 2.20. The van der Waals surface area contributed by atoms with Crippen LogP contribution in [0.1, 0.15) is 36.8 Å². The molecule has 1 aromatic carbocycles. The molecule has 2 N–H and O–H groups in total. The lowest BCUT2D eigenvalue weighted by Gasteiger charge is -2.15. The van der Waals surface area contributed by atoms with Crippen molar-refractivity contribution in [2.24, 2.45) is 0 Å². The highest BCUT2D eigenvalue weighted by Crippen LogP contribution is 2.27. The summed E-state index contributed by atoms with van der Waals surface area (Å²) in [4.78, 5) is 20.7. The molecule has 1 unspecified atom stereocenters. The van der Waals surface area contributed by atoms with Crippen LogP contribution in [0.4, 0.5) is 11.5 Å². The molecule has 146 valence electrons. The number of aryl methyl sites for hydroxylation is 1. The van der Waals surface area contributed by atoms with Crippen LogP contribution < -0.4 is 5.32 Å². The number of nitrogens with zero attached hydrogens (tertiary/aromatic N) is 2. The third-order valence-corrected chi connectivity index (χ3v) is 5.06. The topological polar surface area (TPSA) is 84.3 Å². The quantitative estimate of drug-likeness (QED) is 0.557. The fourth-order valence-electron chi connectivity index (χ4n) is 3.00. The minimum absolute atomic E-state index is 0.336. The Bertz CT molecular complexity index is 940. The first-order valence-electron chi connectivity index (χ1n) is 9.15. The first-order valence-corrected chi connectivity index (χ1v) is 10.1. The van der Waals surface area contributed by atoms with Gasteiger partial charge >= 0.3 is 5.97 Å². The van der Waals surface area contributed by atoms with Crippen LogP contribution in [0, 0.1) is 6.92 Å². The maximum Gasteiger partial charge on any atom is 0.337 e. The van der Waals surface area contributed by atoms with Crippen LogP contribution in [0.3, 0.4) is 0 Å². The minimum atomic E-state index is -0.998. The van der Waals surface area contributed by atoms with Crippen molar-refractivity contribution in [3.63, 3.8) is 0 Å². The first-order chi connectivity index (χ1) is 13.5. The van der Waals surface area contributed by atoms with E-state index in [-0.39, 0.29) is 0 Å². The zero-order valence-corrected chi connectivity index (χ0v) is 16.9. The number of carbonyl (C=O) groups is 1. The molecule has 0 amide bonds. The first kappa shape index (κ1) is 20.0. The molecule has 28 heavy (non-hydrogen) atoms. The highest BCUT2D eigenvalue weighted by atomic mass is 32.1. The minimum Gasteiger partial charge on any atom is -0.479 e. The third-order valence-electron chi connectivity index (χ3n) is 4.38. The van der Waals surface area contributed by atoms with Crippen molar-refractivity contribution in [3.8, 4) is 11.4 Å². The zero-order valence-electron chi connectivity index (χ0n) is 16.1. The van der Waals surface area contributed by atoms with Crippen LogP contribution in [0.2, 0.25) is 0 Å². The molecule has 3 rings (SSSR count). The molecule has 6 nitrogen and oxygen atoms in total. The van der Waals surface area contributed by atoms with Crippen molar-refractivity contribution < 1.29 is 14.6 Å². The van der Waals surface area contributed by atoms with Crippen LogP contribution in [0.25, 0.3) is 11.4 Å². The Morgan fingerprint density at radius 3 is 2.54 bits per heavy atom. The van der Waals surface area contributed by atoms with E-state index in [1.807, 2.05) is 35.9 Å². The van der Waals surface area contributed by atoms with E-state index in [0.717, 1.165) is 34.7 Å². The SMILES string of the molecule is CCOC(C(=O)O)c1ccc(Nc2nc(-c3ccsc3)nc(C)c2CC)cc1. The predicted octanol–water partition coefficient (Wildman–Crippen LogP) is 4.98. The molecular formula is C21H23N3O3S. The number of nitrogens with one attached hydrogen (secondary N) is 1. The molecule has 7 heteroatoms. The second-order valence-electron chi connectivity index (χ2n) is 6.25. The number of rotatable bonds is 8. The largest absolute Gasteiger partial charge is 0.479 e. The van der Waals surface area contributed by atoms with Gasteiger partial charge < -0.3 is 15.2 Å². The summed E-state index contributed by atoms with van der Waals surface area (Å²) >= 11 is 1.61. The fraction of sp³-hybridized carbons (Fsp3) is 0.286. The molecule has 0 bridgehead atoms. The Labute approximate surface area is 168 Å². The number of carboxylic acid groups (broad SMARTS) is 1. The van der Waals surface area contributed by atoms with Gasteiger partial charge in [0.1, 0.15) is 5.82 Å². The molecule has 0 spiro atoms. The lowest BCUT2D eigenvalue weighted by Crippen LogP contribution is -2.15. The van der Waals surface area contributed by atoms with Crippen molar-refractivity contribution in [2.75, 3.05) is 11.9 Å². The lowest BCUT2D eigenvalue weighted by atomic mass is 10.1. The average molecular weight is 398 g/mol. The summed E-state index contributed by atoms with van der Waals surface area (Å²) in [5.74, 6) is 0.462. The van der Waals surface area contributed by atoms with Crippen molar-refractivity contribution in [1.29, 1.82) is 0 Å². The monoisotopic (exact) mass is 397 g/mol. The van der Waals surface area contributed by atoms with E-state index in [2.05, 4.69) is 17.2 Å². The van der Waals surface area contributed by atoms with Gasteiger partial charge in [-0.2, -0.15) is 11.3 Å². The molecule has 0 aliphatic heterocycles. The number of hydrogen-bond donors (Lipinski definition) is 2. The number of carboxylic acids is 1. The molecule has 0 saturated carbocycles. The summed E-state index contributed by atoms with van der Waals surface area (Å²) in [6.07, 6.45) is -0.154. The number of aliphatic carboxylic acids is 1. The summed E-state index contributed by atoms with van der Waals surface area (Å²) in [6.45, 7) is 6.18. The van der Waals surface area contributed by atoms with E-state index >= 15 is 0 Å². The van der Waals surface area contributed by atoms with Gasteiger partial charge in [0.25, 0.3) is 0 Å². The molecule has 2 aromatic heterocycles. The zero-order chi connectivity index (χ0) is 20.1. The van der Waals surface area contributed by atoms with Gasteiger partial charge in [-0.25, -0.2) is 14.8 Å². The number of thiophene rings is 1. The summed E-state index contributed by atoms with van der Waals surface area (Å²) in [5.41, 5.74) is 4.43. The Kier molecular flexibility index (Phi) is 6.38. The Morgan fingerprint density at radius 1 is 1.21 bits per heavy atom. The number of aromatic nitrogens is 2. The van der Waals surface area contributed by atoms with E-state index in [1.165, 1.54) is 0 Å². The summed E-state index contributed by atoms with van der Waals surface area (Å²) < 4.78 is 5.32. The average Bonchev–Trinajstić information content (AvgIpc) is 3.21. The van der Waals surface area contributed by atoms with E-state index < -0.39 is 12.1 Å². The smallest absolute Gasteiger partial charge is 0.337 e. The second-order valence-corrected chi connectivity index (χ2v) is 7.03. The van der Waals surface area contributed by atoms with Crippen LogP contribution in [-0.2, 0) is 16.0 Å². The van der Waals surface area contributed by atoms with Gasteiger partial charge in [-0.1, -0.05) is 19.1 Å². The maximum absolute atomic E-state index is 11.4. The van der Waals surface area contributed by atoms with Gasteiger partial charge in [0.2, 0.25) is 0 Å². The van der Waals surface area contributed by atoms with Crippen LogP contribution >= 0.6 is 11.3 Å². The van der Waals surface area contributed by atoms with Crippen molar-refractivity contribution in [2.45, 2.75) is 33.3 Å².